The number of aromatic amines is 1. The molecule has 4 aromatic rings. The molecular formula is C20H18FI2N6OPS. The first-order valence-corrected chi connectivity index (χ1v) is 18.1. The number of ether oxygens (including phenoxy) is 1. The molecule has 0 amide bonds. The summed E-state index contributed by atoms with van der Waals surface area (Å²) >= 11 is 6.52. The molecule has 32 heavy (non-hydrogen) atoms. The molecule has 0 saturated carbocycles. The lowest BCUT2D eigenvalue weighted by Crippen LogP contribution is -2.44. The van der Waals surface area contributed by atoms with Crippen LogP contribution >= 0.6 is 58.1 Å². The molecule has 1 N–H and O–H groups in total. The highest BCUT2D eigenvalue weighted by atomic mass is 127. The number of hydrogen-bond donors (Lipinski definition) is 1. The van der Waals surface area contributed by atoms with Gasteiger partial charge in [0.15, 0.2) is 0 Å². The molecule has 0 radical (unpaired) electrons. The van der Waals surface area contributed by atoms with Crippen LogP contribution in [0.5, 0.6) is 0 Å². The summed E-state index contributed by atoms with van der Waals surface area (Å²) in [5, 5.41) is 7.90. The molecule has 1 fully saturated rings. The molecule has 0 aliphatic carbocycles. The van der Waals surface area contributed by atoms with Gasteiger partial charge in [0.1, 0.15) is 8.23 Å². The third-order valence-corrected chi connectivity index (χ3v) is 10.0. The van der Waals surface area contributed by atoms with Gasteiger partial charge in [-0.1, -0.05) is 0 Å². The average Bonchev–Trinajstić information content (AvgIpc) is 3.44. The number of anilines is 1. The van der Waals surface area contributed by atoms with E-state index < -0.39 is 5.95 Å². The lowest BCUT2D eigenvalue weighted by molar-refractivity contribution is 0.0985. The van der Waals surface area contributed by atoms with E-state index >= 15 is 4.39 Å². The van der Waals surface area contributed by atoms with Crippen LogP contribution in [0.25, 0.3) is 33.4 Å². The summed E-state index contributed by atoms with van der Waals surface area (Å²) in [6.07, 6.45) is 5.27. The summed E-state index contributed by atoms with van der Waals surface area (Å²) in [7, 11) is 0. The van der Waals surface area contributed by atoms with Crippen molar-refractivity contribution in [2.24, 2.45) is 0 Å². The first-order valence-electron chi connectivity index (χ1n) is 9.83. The third-order valence-electron chi connectivity index (χ3n) is 5.36. The Morgan fingerprint density at radius 1 is 1.31 bits per heavy atom. The molecule has 5 heterocycles. The Morgan fingerprint density at radius 2 is 2.19 bits per heavy atom. The number of morpholine rings is 1. The summed E-state index contributed by atoms with van der Waals surface area (Å²) in [6.45, 7) is 4.10. The zero-order valence-electron chi connectivity index (χ0n) is 16.9. The lowest BCUT2D eigenvalue weighted by Gasteiger charge is -2.34. The molecule has 0 unspecified atom stereocenters. The number of rotatable bonds is 5. The maximum atomic E-state index is 15.2. The fourth-order valence-electron chi connectivity index (χ4n) is 3.87. The fourth-order valence-corrected chi connectivity index (χ4v) is 8.59. The van der Waals surface area contributed by atoms with Crippen LogP contribution in [0.4, 0.5) is 10.2 Å². The first-order chi connectivity index (χ1) is 15.5. The van der Waals surface area contributed by atoms with E-state index in [2.05, 4.69) is 75.1 Å². The van der Waals surface area contributed by atoms with Crippen molar-refractivity contribution < 1.29 is 9.13 Å². The maximum Gasteiger partial charge on any atom is 0.223 e. The highest BCUT2D eigenvalue weighted by Gasteiger charge is 2.24. The van der Waals surface area contributed by atoms with Crippen LogP contribution in [-0.4, -0.2) is 49.9 Å². The van der Waals surface area contributed by atoms with Gasteiger partial charge in [-0.15, -0.1) is 0 Å². The lowest BCUT2D eigenvalue weighted by atomic mass is 10.0. The van der Waals surface area contributed by atoms with Crippen LogP contribution in [0.3, 0.4) is 0 Å². The highest BCUT2D eigenvalue weighted by Crippen LogP contribution is 2.65. The number of hydrogen-bond acceptors (Lipinski definition) is 6. The molecule has 0 spiro atoms. The van der Waals surface area contributed by atoms with E-state index in [9.17, 15) is 0 Å². The number of H-pyrrole nitrogens is 1. The Morgan fingerprint density at radius 3 is 2.94 bits per heavy atom. The summed E-state index contributed by atoms with van der Waals surface area (Å²) in [4.78, 5) is 11.2. The minimum absolute atomic E-state index is 0.170. The van der Waals surface area contributed by atoms with Gasteiger partial charge in [0.05, 0.1) is 47.9 Å². The topological polar surface area (TPSA) is 71.9 Å². The summed E-state index contributed by atoms with van der Waals surface area (Å²) in [5.41, 5.74) is 3.59. The van der Waals surface area contributed by atoms with Gasteiger partial charge in [0.25, 0.3) is 0 Å². The van der Waals surface area contributed by atoms with Crippen molar-refractivity contribution >= 4 is 74.8 Å². The Kier molecular flexibility index (Phi) is 6.89. The second-order valence-electron chi connectivity index (χ2n) is 7.33. The summed E-state index contributed by atoms with van der Waals surface area (Å²) in [6, 6.07) is 7.93. The minimum atomic E-state index is -0.526. The number of aromatic nitrogens is 5. The van der Waals surface area contributed by atoms with Gasteiger partial charge in [-0.05, 0) is 75.3 Å². The summed E-state index contributed by atoms with van der Waals surface area (Å²) in [5.74, 6) is 0.262. The summed E-state index contributed by atoms with van der Waals surface area (Å²) < 4.78 is 22.5. The van der Waals surface area contributed by atoms with Gasteiger partial charge in [0, 0.05) is 41.5 Å². The molecule has 7 nitrogen and oxygen atoms in total. The normalized spacial score (nSPS) is 16.9. The van der Waals surface area contributed by atoms with Crippen molar-refractivity contribution in [3.8, 4) is 22.5 Å². The van der Waals surface area contributed by atoms with Crippen LogP contribution in [0.1, 0.15) is 6.92 Å². The molecule has 1 saturated heterocycles. The van der Waals surface area contributed by atoms with E-state index in [4.69, 9.17) is 9.72 Å². The first kappa shape index (κ1) is 22.8. The second kappa shape index (κ2) is 9.69. The predicted octanol–water partition coefficient (Wildman–Crippen LogP) is 6.45. The number of nitrogens with one attached hydrogen (secondary N) is 1. The smallest absolute Gasteiger partial charge is 0.223 e. The monoisotopic (exact) mass is 694 g/mol. The maximum absolute atomic E-state index is 15.2. The Bertz CT molecular complexity index is 1250. The minimum Gasteiger partial charge on any atom is -0.377 e. The molecule has 166 valence electrons. The van der Waals surface area contributed by atoms with Gasteiger partial charge < -0.3 is 9.64 Å². The van der Waals surface area contributed by atoms with Crippen molar-refractivity contribution in [3.63, 3.8) is 0 Å². The van der Waals surface area contributed by atoms with Crippen LogP contribution in [-0.2, 0) is 4.74 Å². The number of fused-ring (bicyclic) bond motifs is 1. The zero-order chi connectivity index (χ0) is 22.2. The van der Waals surface area contributed by atoms with E-state index in [1.165, 1.54) is 0 Å². The standard InChI is InChI=1S/C20H18FI2N6OPS/c1-12-11-30-7-6-28(12)18-9-13(15-2-4-25-27-15)8-16(26-18)19-14-3-5-29(32-31(22)23)17(14)10-24-20(19)21/h2-5,8-10,12H,6-7,11H2,1H3,(H,25,27)/t12-/m1/s1. The molecule has 0 bridgehead atoms. The van der Waals surface area contributed by atoms with Gasteiger partial charge in [-0.25, -0.2) is 9.97 Å². The largest absolute Gasteiger partial charge is 0.377 e. The molecule has 4 aromatic heterocycles. The van der Waals surface area contributed by atoms with Crippen LogP contribution in [0, 0.1) is 5.95 Å². The van der Waals surface area contributed by atoms with Gasteiger partial charge in [-0.2, -0.15) is 9.49 Å². The van der Waals surface area contributed by atoms with E-state index in [1.54, 1.807) is 24.0 Å². The predicted molar refractivity (Wildman–Crippen MR) is 146 cm³/mol. The van der Waals surface area contributed by atoms with E-state index in [0.717, 1.165) is 34.5 Å². The molecular weight excluding hydrogens is 676 g/mol. The quantitative estimate of drug-likeness (QED) is 0.147. The van der Waals surface area contributed by atoms with Crippen LogP contribution < -0.4 is 4.90 Å². The second-order valence-corrected chi connectivity index (χ2v) is 25.1. The average molecular weight is 694 g/mol. The molecule has 12 heteroatoms. The highest BCUT2D eigenvalue weighted by molar-refractivity contribution is 14.3. The van der Waals surface area contributed by atoms with Crippen molar-refractivity contribution in [1.29, 1.82) is 0 Å². The Labute approximate surface area is 215 Å². The van der Waals surface area contributed by atoms with Crippen LogP contribution in [0.15, 0.2) is 42.9 Å². The zero-order valence-corrected chi connectivity index (χ0v) is 22.9. The molecule has 1 atom stereocenters. The fraction of sp³-hybridized carbons (Fsp3) is 0.250. The van der Waals surface area contributed by atoms with E-state index in [0.29, 0.717) is 24.5 Å². The SMILES string of the molecule is C[C@@H]1COCCN1c1cc(-c2ccn[nH]2)cc(-c2c(F)ncc3c2ccn3SP(I)I)n1. The van der Waals surface area contributed by atoms with Gasteiger partial charge >= 0.3 is 0 Å². The molecule has 5 rings (SSSR count). The van der Waals surface area contributed by atoms with Crippen LogP contribution in [0.2, 0.25) is 0 Å². The van der Waals surface area contributed by atoms with E-state index in [-0.39, 0.29) is 8.45 Å². The number of halogens is 3. The van der Waals surface area contributed by atoms with Crippen molar-refractivity contribution in [2.75, 3.05) is 24.7 Å². The van der Waals surface area contributed by atoms with Crippen molar-refractivity contribution in [1.82, 2.24) is 24.1 Å². The molecule has 1 aliphatic rings. The molecule has 1 aliphatic heterocycles. The number of pyridine rings is 2. The third kappa shape index (κ3) is 4.50. The Hall–Kier alpha value is -1.02. The van der Waals surface area contributed by atoms with Crippen molar-refractivity contribution in [3.05, 3.63) is 48.8 Å². The number of nitrogens with zero attached hydrogens (tertiary/aromatic N) is 5. The molecule has 0 aromatic carbocycles. The van der Waals surface area contributed by atoms with Gasteiger partial charge in [0.2, 0.25) is 5.95 Å². The van der Waals surface area contributed by atoms with E-state index in [1.807, 2.05) is 30.5 Å². The van der Waals surface area contributed by atoms with Gasteiger partial charge in [-0.3, -0.25) is 9.07 Å². The Balaban J connectivity index is 1.70. The van der Waals surface area contributed by atoms with Crippen molar-refractivity contribution in [2.45, 2.75) is 13.0 Å².